The zero-order valence-corrected chi connectivity index (χ0v) is 7.14. The Bertz CT molecular complexity index is 108. The Morgan fingerprint density at radius 1 is 1.64 bits per heavy atom. The van der Waals surface area contributed by atoms with Crippen molar-refractivity contribution in [1.29, 1.82) is 0 Å². The molecule has 0 spiro atoms. The predicted molar refractivity (Wildman–Crippen MR) is 43.3 cm³/mol. The van der Waals surface area contributed by atoms with E-state index in [0.717, 1.165) is 6.42 Å². The molecule has 1 fully saturated rings. The van der Waals surface area contributed by atoms with Gasteiger partial charge in [0, 0.05) is 0 Å². The molecule has 3 nitrogen and oxygen atoms in total. The van der Waals surface area contributed by atoms with Crippen molar-refractivity contribution in [3.05, 3.63) is 5.21 Å². The molecule has 1 aliphatic heterocycles. The van der Waals surface area contributed by atoms with Gasteiger partial charge in [0.2, 0.25) is 0 Å². The first-order valence-corrected chi connectivity index (χ1v) is 4.46. The van der Waals surface area contributed by atoms with Gasteiger partial charge >= 0.3 is 0 Å². The van der Waals surface area contributed by atoms with Crippen molar-refractivity contribution >= 4 is 0 Å². The zero-order chi connectivity index (χ0) is 8.10. The predicted octanol–water partition coefficient (Wildman–Crippen LogP) is -0.0419. The number of unbranched alkanes of at least 4 members (excludes halogenated alkanes) is 1. The summed E-state index contributed by atoms with van der Waals surface area (Å²) in [7, 11) is 0. The van der Waals surface area contributed by atoms with Crippen LogP contribution in [0.4, 0.5) is 0 Å². The van der Waals surface area contributed by atoms with E-state index >= 15 is 0 Å². The molecule has 1 aliphatic rings. The van der Waals surface area contributed by atoms with Crippen LogP contribution in [0, 0.1) is 5.21 Å². The van der Waals surface area contributed by atoms with E-state index in [1.165, 1.54) is 12.8 Å². The van der Waals surface area contributed by atoms with Crippen LogP contribution in [-0.4, -0.2) is 25.8 Å². The van der Waals surface area contributed by atoms with Gasteiger partial charge in [-0.1, -0.05) is 19.8 Å². The SMILES string of the molecule is CCCCC1C[NH+]([O-])CCO1. The summed E-state index contributed by atoms with van der Waals surface area (Å²) in [4.78, 5) is 0. The van der Waals surface area contributed by atoms with Gasteiger partial charge in [-0.25, -0.2) is 0 Å². The Kier molecular flexibility index (Phi) is 3.83. The van der Waals surface area contributed by atoms with Crippen LogP contribution < -0.4 is 5.06 Å². The summed E-state index contributed by atoms with van der Waals surface area (Å²) in [6, 6.07) is 0. The monoisotopic (exact) mass is 159 g/mol. The minimum atomic E-state index is 0.233. The van der Waals surface area contributed by atoms with Gasteiger partial charge < -0.3 is 15.0 Å². The number of quaternary nitrogens is 1. The van der Waals surface area contributed by atoms with Gasteiger partial charge in [0.1, 0.15) is 19.2 Å². The van der Waals surface area contributed by atoms with Crippen LogP contribution >= 0.6 is 0 Å². The van der Waals surface area contributed by atoms with Gasteiger partial charge in [0.15, 0.2) is 0 Å². The van der Waals surface area contributed by atoms with Crippen molar-refractivity contribution in [2.75, 3.05) is 19.7 Å². The summed E-state index contributed by atoms with van der Waals surface area (Å²) in [6.45, 7) is 4.08. The summed E-state index contributed by atoms with van der Waals surface area (Å²) < 4.78 is 5.43. The van der Waals surface area contributed by atoms with E-state index in [-0.39, 0.29) is 6.10 Å². The van der Waals surface area contributed by atoms with Crippen LogP contribution in [-0.2, 0) is 4.74 Å². The fraction of sp³-hybridized carbons (Fsp3) is 1.00. The quantitative estimate of drug-likeness (QED) is 0.586. The van der Waals surface area contributed by atoms with E-state index in [1.807, 2.05) is 0 Å². The average molecular weight is 159 g/mol. The van der Waals surface area contributed by atoms with Crippen molar-refractivity contribution < 1.29 is 9.80 Å². The third-order valence-corrected chi connectivity index (χ3v) is 2.07. The van der Waals surface area contributed by atoms with Gasteiger partial charge in [0.25, 0.3) is 0 Å². The van der Waals surface area contributed by atoms with E-state index in [9.17, 15) is 5.21 Å². The molecule has 0 amide bonds. The molecule has 2 atom stereocenters. The van der Waals surface area contributed by atoms with Crippen molar-refractivity contribution in [3.8, 4) is 0 Å². The standard InChI is InChI=1S/C8H17NO2/c1-2-3-4-8-7-9(10)5-6-11-8/h8-9H,2-7H2,1H3. The lowest BCUT2D eigenvalue weighted by atomic mass is 10.1. The van der Waals surface area contributed by atoms with Crippen molar-refractivity contribution in [2.45, 2.75) is 32.3 Å². The zero-order valence-electron chi connectivity index (χ0n) is 7.14. The van der Waals surface area contributed by atoms with Gasteiger partial charge in [-0.3, -0.25) is 0 Å². The third-order valence-electron chi connectivity index (χ3n) is 2.07. The molecule has 11 heavy (non-hydrogen) atoms. The van der Waals surface area contributed by atoms with Crippen LogP contribution in [0.2, 0.25) is 0 Å². The minimum absolute atomic E-state index is 0.233. The Balaban J connectivity index is 2.12. The summed E-state index contributed by atoms with van der Waals surface area (Å²) in [5.41, 5.74) is 0. The number of rotatable bonds is 3. The number of hydrogen-bond donors (Lipinski definition) is 1. The molecule has 1 rings (SSSR count). The van der Waals surface area contributed by atoms with E-state index < -0.39 is 0 Å². The van der Waals surface area contributed by atoms with Crippen LogP contribution in [0.5, 0.6) is 0 Å². The van der Waals surface area contributed by atoms with Gasteiger partial charge in [0.05, 0.1) is 6.61 Å². The summed E-state index contributed by atoms with van der Waals surface area (Å²) in [6.07, 6.45) is 3.66. The van der Waals surface area contributed by atoms with Gasteiger partial charge in [-0.05, 0) is 6.42 Å². The maximum Gasteiger partial charge on any atom is 0.107 e. The molecule has 2 unspecified atom stereocenters. The number of hydroxylamine groups is 2. The van der Waals surface area contributed by atoms with Gasteiger partial charge in [-0.15, -0.1) is 0 Å². The number of hydrogen-bond acceptors (Lipinski definition) is 2. The molecule has 0 aliphatic carbocycles. The molecule has 0 aromatic carbocycles. The van der Waals surface area contributed by atoms with Crippen LogP contribution in [0.25, 0.3) is 0 Å². The highest BCUT2D eigenvalue weighted by Gasteiger charge is 2.17. The second-order valence-electron chi connectivity index (χ2n) is 3.13. The Hall–Kier alpha value is -0.120. The Labute approximate surface area is 67.9 Å². The molecular weight excluding hydrogens is 142 g/mol. The first-order valence-electron chi connectivity index (χ1n) is 4.46. The van der Waals surface area contributed by atoms with Crippen LogP contribution in [0.15, 0.2) is 0 Å². The molecule has 0 radical (unpaired) electrons. The lowest BCUT2D eigenvalue weighted by Crippen LogP contribution is -3.10. The summed E-state index contributed by atoms with van der Waals surface area (Å²) in [5.74, 6) is 0. The minimum Gasteiger partial charge on any atom is -0.634 e. The first kappa shape index (κ1) is 8.97. The molecule has 66 valence electrons. The van der Waals surface area contributed by atoms with E-state index in [1.54, 1.807) is 0 Å². The van der Waals surface area contributed by atoms with Crippen molar-refractivity contribution in [3.63, 3.8) is 0 Å². The third kappa shape index (κ3) is 3.18. The molecular formula is C8H17NO2. The average Bonchev–Trinajstić information content (AvgIpc) is 2.01. The molecule has 3 heteroatoms. The molecule has 0 saturated carbocycles. The molecule has 1 N–H and O–H groups in total. The molecule has 1 saturated heterocycles. The number of ether oxygens (including phenoxy) is 1. The lowest BCUT2D eigenvalue weighted by molar-refractivity contribution is -0.861. The maximum absolute atomic E-state index is 11.0. The van der Waals surface area contributed by atoms with Crippen LogP contribution in [0.3, 0.4) is 0 Å². The van der Waals surface area contributed by atoms with Gasteiger partial charge in [-0.2, -0.15) is 0 Å². The van der Waals surface area contributed by atoms with E-state index in [4.69, 9.17) is 4.74 Å². The molecule has 0 bridgehead atoms. The highest BCUT2D eigenvalue weighted by Crippen LogP contribution is 2.04. The Morgan fingerprint density at radius 2 is 2.45 bits per heavy atom. The summed E-state index contributed by atoms with van der Waals surface area (Å²) >= 11 is 0. The first-order chi connectivity index (χ1) is 5.33. The molecule has 0 aromatic heterocycles. The largest absolute Gasteiger partial charge is 0.634 e. The highest BCUT2D eigenvalue weighted by molar-refractivity contribution is 4.59. The van der Waals surface area contributed by atoms with E-state index in [0.29, 0.717) is 24.8 Å². The van der Waals surface area contributed by atoms with Crippen molar-refractivity contribution in [1.82, 2.24) is 0 Å². The fourth-order valence-corrected chi connectivity index (χ4v) is 1.37. The smallest absolute Gasteiger partial charge is 0.107 e. The fourth-order valence-electron chi connectivity index (χ4n) is 1.37. The highest BCUT2D eigenvalue weighted by atomic mass is 16.5. The number of nitrogens with one attached hydrogen (secondary N) is 1. The number of morpholine rings is 1. The second-order valence-corrected chi connectivity index (χ2v) is 3.13. The van der Waals surface area contributed by atoms with Crippen LogP contribution in [0.1, 0.15) is 26.2 Å². The summed E-state index contributed by atoms with van der Waals surface area (Å²) in [5, 5.41) is 11.3. The maximum atomic E-state index is 11.0. The second kappa shape index (κ2) is 4.70. The Morgan fingerprint density at radius 3 is 3.09 bits per heavy atom. The lowest BCUT2D eigenvalue weighted by Gasteiger charge is -2.32. The van der Waals surface area contributed by atoms with E-state index in [2.05, 4.69) is 6.92 Å². The molecule has 1 heterocycles. The topological polar surface area (TPSA) is 36.7 Å². The normalized spacial score (nSPS) is 32.2. The van der Waals surface area contributed by atoms with Crippen molar-refractivity contribution in [2.24, 2.45) is 0 Å². The molecule has 0 aromatic rings.